The van der Waals surface area contributed by atoms with Crippen LogP contribution in [-0.2, 0) is 22.6 Å². The maximum absolute atomic E-state index is 11.8. The average molecular weight is 372 g/mol. The lowest BCUT2D eigenvalue weighted by Crippen LogP contribution is -2.13. The van der Waals surface area contributed by atoms with Crippen molar-refractivity contribution in [2.24, 2.45) is 0 Å². The van der Waals surface area contributed by atoms with Gasteiger partial charge in [-0.15, -0.1) is 11.3 Å². The molecular formula is C13H14BrN3O3S. The zero-order valence-electron chi connectivity index (χ0n) is 11.1. The highest BCUT2D eigenvalue weighted by atomic mass is 79.9. The highest BCUT2D eigenvalue weighted by Crippen LogP contribution is 2.23. The molecule has 2 aromatic heterocycles. The van der Waals surface area contributed by atoms with Crippen LogP contribution in [0.25, 0.3) is 0 Å². The van der Waals surface area contributed by atoms with E-state index in [2.05, 4.69) is 26.3 Å². The van der Waals surface area contributed by atoms with Crippen molar-refractivity contribution in [2.45, 2.75) is 25.8 Å². The highest BCUT2D eigenvalue weighted by molar-refractivity contribution is 9.11. The van der Waals surface area contributed by atoms with Crippen LogP contribution in [-0.4, -0.2) is 26.8 Å². The number of anilines is 1. The third-order valence-corrected chi connectivity index (χ3v) is 4.34. The molecule has 0 atom stereocenters. The first kappa shape index (κ1) is 15.7. The minimum absolute atomic E-state index is 0.119. The molecule has 112 valence electrons. The van der Waals surface area contributed by atoms with E-state index in [9.17, 15) is 9.59 Å². The number of carboxylic acids is 1. The summed E-state index contributed by atoms with van der Waals surface area (Å²) in [5, 5.41) is 15.3. The zero-order chi connectivity index (χ0) is 15.2. The molecule has 0 radical (unpaired) electrons. The molecule has 0 aliphatic rings. The van der Waals surface area contributed by atoms with Crippen LogP contribution in [0.1, 0.15) is 17.7 Å². The average Bonchev–Trinajstić information content (AvgIpc) is 2.98. The lowest BCUT2D eigenvalue weighted by Gasteiger charge is -2.01. The summed E-state index contributed by atoms with van der Waals surface area (Å²) in [6.07, 6.45) is 3.54. The molecule has 0 saturated carbocycles. The van der Waals surface area contributed by atoms with Crippen LogP contribution >= 0.6 is 27.3 Å². The number of nitrogens with one attached hydrogen (secondary N) is 1. The summed E-state index contributed by atoms with van der Waals surface area (Å²) in [7, 11) is 0. The fraction of sp³-hybridized carbons (Fsp3) is 0.308. The van der Waals surface area contributed by atoms with Gasteiger partial charge >= 0.3 is 5.97 Å². The van der Waals surface area contributed by atoms with Crippen molar-refractivity contribution >= 4 is 45.0 Å². The molecule has 2 heterocycles. The molecule has 0 aliphatic heterocycles. The predicted molar refractivity (Wildman–Crippen MR) is 83.4 cm³/mol. The fourth-order valence-corrected chi connectivity index (χ4v) is 3.29. The van der Waals surface area contributed by atoms with Gasteiger partial charge in [0.05, 0.1) is 3.79 Å². The van der Waals surface area contributed by atoms with Gasteiger partial charge in [-0.2, -0.15) is 5.10 Å². The van der Waals surface area contributed by atoms with Gasteiger partial charge in [0, 0.05) is 23.6 Å². The Morgan fingerprint density at radius 1 is 1.38 bits per heavy atom. The second-order valence-corrected chi connectivity index (χ2v) is 6.95. The normalized spacial score (nSPS) is 10.5. The monoisotopic (exact) mass is 371 g/mol. The van der Waals surface area contributed by atoms with Crippen molar-refractivity contribution in [3.05, 3.63) is 33.1 Å². The predicted octanol–water partition coefficient (Wildman–Crippen LogP) is 2.75. The molecule has 0 saturated heterocycles. The Balaban J connectivity index is 1.74. The molecular weight excluding hydrogens is 358 g/mol. The first-order valence-corrected chi connectivity index (χ1v) is 7.93. The number of nitrogens with zero attached hydrogens (tertiary/aromatic N) is 2. The van der Waals surface area contributed by atoms with E-state index in [0.29, 0.717) is 12.2 Å². The van der Waals surface area contributed by atoms with Crippen LogP contribution in [0, 0.1) is 0 Å². The number of halogens is 1. The van der Waals surface area contributed by atoms with Crippen molar-refractivity contribution < 1.29 is 14.7 Å². The van der Waals surface area contributed by atoms with Crippen LogP contribution in [0.4, 0.5) is 5.82 Å². The maximum Gasteiger partial charge on any atom is 0.325 e. The number of aliphatic carboxylic acids is 1. The molecule has 1 amide bonds. The van der Waals surface area contributed by atoms with Crippen molar-refractivity contribution in [1.82, 2.24) is 9.78 Å². The molecule has 0 aliphatic carbocycles. The first-order chi connectivity index (χ1) is 10.0. The Morgan fingerprint density at radius 3 is 2.86 bits per heavy atom. The second kappa shape index (κ2) is 7.37. The van der Waals surface area contributed by atoms with Crippen molar-refractivity contribution in [2.75, 3.05) is 5.32 Å². The van der Waals surface area contributed by atoms with E-state index in [1.165, 1.54) is 15.8 Å². The largest absolute Gasteiger partial charge is 0.480 e. The number of carboxylic acid groups (broad SMARTS) is 1. The van der Waals surface area contributed by atoms with Gasteiger partial charge in [-0.05, 0) is 40.9 Å². The van der Waals surface area contributed by atoms with Crippen molar-refractivity contribution in [3.63, 3.8) is 0 Å². The third kappa shape index (κ3) is 5.31. The Morgan fingerprint density at radius 2 is 2.19 bits per heavy atom. The van der Waals surface area contributed by atoms with E-state index in [1.54, 1.807) is 17.4 Å². The Labute approximate surface area is 133 Å². The maximum atomic E-state index is 11.8. The van der Waals surface area contributed by atoms with Gasteiger partial charge in [0.15, 0.2) is 5.82 Å². The van der Waals surface area contributed by atoms with Gasteiger partial charge in [0.1, 0.15) is 6.54 Å². The molecule has 21 heavy (non-hydrogen) atoms. The smallest absolute Gasteiger partial charge is 0.325 e. The first-order valence-electron chi connectivity index (χ1n) is 6.32. The van der Waals surface area contributed by atoms with E-state index < -0.39 is 5.97 Å². The molecule has 2 N–H and O–H groups in total. The van der Waals surface area contributed by atoms with E-state index >= 15 is 0 Å². The molecule has 0 aromatic carbocycles. The number of hydrogen-bond donors (Lipinski definition) is 2. The number of carbonyl (C=O) groups is 2. The van der Waals surface area contributed by atoms with Gasteiger partial charge in [-0.3, -0.25) is 14.3 Å². The molecule has 0 bridgehead atoms. The Hall–Kier alpha value is -1.67. The molecule has 8 heteroatoms. The summed E-state index contributed by atoms with van der Waals surface area (Å²) in [5.74, 6) is -0.718. The summed E-state index contributed by atoms with van der Waals surface area (Å²) < 4.78 is 2.35. The zero-order valence-corrected chi connectivity index (χ0v) is 13.5. The van der Waals surface area contributed by atoms with Gasteiger partial charge in [0.25, 0.3) is 0 Å². The minimum Gasteiger partial charge on any atom is -0.480 e. The Kier molecular flexibility index (Phi) is 5.51. The quantitative estimate of drug-likeness (QED) is 0.783. The number of hydrogen-bond acceptors (Lipinski definition) is 4. The third-order valence-electron chi connectivity index (χ3n) is 2.66. The van der Waals surface area contributed by atoms with Crippen molar-refractivity contribution in [3.8, 4) is 0 Å². The summed E-state index contributed by atoms with van der Waals surface area (Å²) in [6.45, 7) is -0.219. The second-order valence-electron chi connectivity index (χ2n) is 4.40. The molecule has 0 unspecified atom stereocenters. The van der Waals surface area contributed by atoms with Gasteiger partial charge in [-0.1, -0.05) is 0 Å². The van der Waals surface area contributed by atoms with Crippen LogP contribution in [0.5, 0.6) is 0 Å². The summed E-state index contributed by atoms with van der Waals surface area (Å²) in [4.78, 5) is 23.5. The van der Waals surface area contributed by atoms with E-state index in [0.717, 1.165) is 16.6 Å². The number of rotatable bonds is 7. The lowest BCUT2D eigenvalue weighted by molar-refractivity contribution is -0.137. The van der Waals surface area contributed by atoms with Crippen molar-refractivity contribution in [1.29, 1.82) is 0 Å². The topological polar surface area (TPSA) is 84.2 Å². The summed E-state index contributed by atoms with van der Waals surface area (Å²) in [6, 6.07) is 5.62. The van der Waals surface area contributed by atoms with Crippen LogP contribution in [0.15, 0.2) is 28.2 Å². The fourth-order valence-electron chi connectivity index (χ4n) is 1.77. The number of amides is 1. The standard InChI is InChI=1S/C13H14BrN3O3S/c14-10-5-4-9(21-10)2-1-3-12(18)15-11-6-7-17(16-11)8-13(19)20/h4-7H,1-3,8H2,(H,19,20)(H,15,16,18). The van der Waals surface area contributed by atoms with Crippen LogP contribution < -0.4 is 5.32 Å². The number of thiophene rings is 1. The van der Waals surface area contributed by atoms with Gasteiger partial charge in [-0.25, -0.2) is 0 Å². The number of aryl methyl sites for hydroxylation is 1. The van der Waals surface area contributed by atoms with E-state index in [4.69, 9.17) is 5.11 Å². The highest BCUT2D eigenvalue weighted by Gasteiger charge is 2.07. The number of aromatic nitrogens is 2. The molecule has 0 spiro atoms. The van der Waals surface area contributed by atoms with E-state index in [-0.39, 0.29) is 12.5 Å². The minimum atomic E-state index is -0.974. The van der Waals surface area contributed by atoms with Gasteiger partial charge < -0.3 is 10.4 Å². The van der Waals surface area contributed by atoms with Gasteiger partial charge in [0.2, 0.25) is 5.91 Å². The molecule has 2 aromatic rings. The van der Waals surface area contributed by atoms with Crippen LogP contribution in [0.2, 0.25) is 0 Å². The Bertz CT molecular complexity index is 638. The lowest BCUT2D eigenvalue weighted by atomic mass is 10.2. The molecule has 2 rings (SSSR count). The summed E-state index contributed by atoms with van der Waals surface area (Å²) in [5.41, 5.74) is 0. The number of carbonyl (C=O) groups excluding carboxylic acids is 1. The van der Waals surface area contributed by atoms with E-state index in [1.807, 2.05) is 12.1 Å². The van der Waals surface area contributed by atoms with Crippen LogP contribution in [0.3, 0.4) is 0 Å². The molecule has 6 nitrogen and oxygen atoms in total. The molecule has 0 fully saturated rings. The SMILES string of the molecule is O=C(O)Cn1ccc(NC(=O)CCCc2ccc(Br)s2)n1. The summed E-state index contributed by atoms with van der Waals surface area (Å²) >= 11 is 5.07.